The van der Waals surface area contributed by atoms with Gasteiger partial charge in [0.15, 0.2) is 0 Å². The van der Waals surface area contributed by atoms with Gasteiger partial charge in [-0.1, -0.05) is 0 Å². The average Bonchev–Trinajstić information content (AvgIpc) is 2.47. The van der Waals surface area contributed by atoms with Gasteiger partial charge in [-0.05, 0) is 0 Å². The number of benzene rings is 1. The van der Waals surface area contributed by atoms with E-state index >= 15 is 0 Å². The molecule has 0 spiro atoms. The van der Waals surface area contributed by atoms with Crippen molar-refractivity contribution >= 4 is 25.4 Å². The number of rotatable bonds is 8. The van der Waals surface area contributed by atoms with Crippen molar-refractivity contribution in [3.63, 3.8) is 0 Å². The van der Waals surface area contributed by atoms with E-state index in [2.05, 4.69) is 37.3 Å². The Morgan fingerprint density at radius 1 is 1.30 bits per heavy atom. The number of hydrogen-bond donors (Lipinski definition) is 0. The van der Waals surface area contributed by atoms with Crippen LogP contribution in [0, 0.1) is 0 Å². The summed E-state index contributed by atoms with van der Waals surface area (Å²) in [5, 5.41) is 0. The molecule has 0 saturated heterocycles. The van der Waals surface area contributed by atoms with Gasteiger partial charge in [-0.15, -0.1) is 0 Å². The zero-order valence-electron chi connectivity index (χ0n) is 12.6. The predicted octanol–water partition coefficient (Wildman–Crippen LogP) is 3.50. The fourth-order valence-corrected chi connectivity index (χ4v) is 4.51. The summed E-state index contributed by atoms with van der Waals surface area (Å²) in [6.07, 6.45) is 6.96. The zero-order chi connectivity index (χ0) is 14.8. The van der Waals surface area contributed by atoms with E-state index in [4.69, 9.17) is 4.74 Å². The molecule has 1 aromatic rings. The average molecular weight is 339 g/mol. The van der Waals surface area contributed by atoms with Crippen LogP contribution in [-0.4, -0.2) is 28.0 Å². The van der Waals surface area contributed by atoms with Crippen molar-refractivity contribution in [2.75, 3.05) is 7.11 Å². The van der Waals surface area contributed by atoms with Crippen molar-refractivity contribution in [1.29, 1.82) is 0 Å². The fraction of sp³-hybridized carbons (Fsp3) is 0.471. The van der Waals surface area contributed by atoms with Gasteiger partial charge < -0.3 is 0 Å². The molecule has 0 aliphatic heterocycles. The van der Waals surface area contributed by atoms with E-state index in [1.165, 1.54) is 30.8 Å². The Balaban J connectivity index is 2.71. The number of carbonyl (C=O) groups excluding carboxylic acids is 1. The van der Waals surface area contributed by atoms with Crippen LogP contribution in [0.25, 0.3) is 0 Å². The molecule has 1 rings (SSSR count). The van der Waals surface area contributed by atoms with Gasteiger partial charge in [0.1, 0.15) is 0 Å². The van der Waals surface area contributed by atoms with Crippen molar-refractivity contribution in [2.24, 2.45) is 0 Å². The van der Waals surface area contributed by atoms with Gasteiger partial charge in [0.05, 0.1) is 0 Å². The van der Waals surface area contributed by atoms with Crippen LogP contribution in [0.15, 0.2) is 42.0 Å². The summed E-state index contributed by atoms with van der Waals surface area (Å²) >= 11 is 0.365. The molecule has 20 heavy (non-hydrogen) atoms. The molecule has 0 saturated carbocycles. The third-order valence-corrected chi connectivity index (χ3v) is 5.62. The van der Waals surface area contributed by atoms with Gasteiger partial charge in [-0.25, -0.2) is 0 Å². The number of esters is 1. The second-order valence-electron chi connectivity index (χ2n) is 4.81. The molecule has 3 heteroatoms. The number of unbranched alkanes of at least 4 members (excludes halogenated alkanes) is 2. The Kier molecular flexibility index (Phi) is 8.32. The Hall–Kier alpha value is -1.05. The van der Waals surface area contributed by atoms with E-state index in [-0.39, 0.29) is 5.97 Å². The standard InChI is InChI=1S/C17H24O2Se/c1-4-5-7-12-16(13-14(2)17(18)19-3)20-15-10-8-6-9-11-15/h6,8-11,13,16H,4-5,7,12H2,1-3H3/b14-13+. The molecule has 0 aromatic heterocycles. The third kappa shape index (κ3) is 6.40. The summed E-state index contributed by atoms with van der Waals surface area (Å²) in [6, 6.07) is 10.6. The van der Waals surface area contributed by atoms with Gasteiger partial charge in [0.2, 0.25) is 0 Å². The van der Waals surface area contributed by atoms with Gasteiger partial charge in [0, 0.05) is 0 Å². The van der Waals surface area contributed by atoms with Crippen LogP contribution in [0.1, 0.15) is 39.5 Å². The number of ether oxygens (including phenoxy) is 1. The van der Waals surface area contributed by atoms with Crippen molar-refractivity contribution in [3.8, 4) is 0 Å². The Bertz CT molecular complexity index is 426. The quantitative estimate of drug-likeness (QED) is 0.314. The van der Waals surface area contributed by atoms with E-state index < -0.39 is 0 Å². The van der Waals surface area contributed by atoms with Crippen LogP contribution >= 0.6 is 0 Å². The second kappa shape index (κ2) is 9.79. The van der Waals surface area contributed by atoms with Crippen molar-refractivity contribution < 1.29 is 9.53 Å². The van der Waals surface area contributed by atoms with Gasteiger partial charge in [0.25, 0.3) is 0 Å². The van der Waals surface area contributed by atoms with Crippen LogP contribution in [-0.2, 0) is 9.53 Å². The number of hydrogen-bond acceptors (Lipinski definition) is 2. The molecule has 0 amide bonds. The van der Waals surface area contributed by atoms with Crippen LogP contribution in [0.4, 0.5) is 0 Å². The van der Waals surface area contributed by atoms with E-state index in [0.29, 0.717) is 19.8 Å². The van der Waals surface area contributed by atoms with Gasteiger partial charge in [-0.3, -0.25) is 0 Å². The minimum atomic E-state index is -0.214. The number of methoxy groups -OCH3 is 1. The Morgan fingerprint density at radius 3 is 2.60 bits per heavy atom. The first kappa shape index (κ1) is 17.0. The molecule has 1 aromatic carbocycles. The summed E-state index contributed by atoms with van der Waals surface area (Å²) in [5.41, 5.74) is 0.729. The summed E-state index contributed by atoms with van der Waals surface area (Å²) in [5.74, 6) is -0.214. The molecule has 0 heterocycles. The molecule has 0 fully saturated rings. The van der Waals surface area contributed by atoms with Crippen LogP contribution in [0.5, 0.6) is 0 Å². The molecule has 1 atom stereocenters. The normalized spacial score (nSPS) is 13.1. The van der Waals surface area contributed by atoms with Crippen molar-refractivity contribution in [3.05, 3.63) is 42.0 Å². The van der Waals surface area contributed by atoms with E-state index in [1.54, 1.807) is 0 Å². The second-order valence-corrected chi connectivity index (χ2v) is 7.56. The molecule has 110 valence electrons. The minimum absolute atomic E-state index is 0.214. The monoisotopic (exact) mass is 340 g/mol. The van der Waals surface area contributed by atoms with Crippen LogP contribution < -0.4 is 4.46 Å². The van der Waals surface area contributed by atoms with Crippen LogP contribution in [0.2, 0.25) is 4.82 Å². The molecule has 0 N–H and O–H groups in total. The van der Waals surface area contributed by atoms with Crippen molar-refractivity contribution in [2.45, 2.75) is 44.3 Å². The molecule has 0 aliphatic carbocycles. The molecule has 1 unspecified atom stereocenters. The first-order valence-corrected chi connectivity index (χ1v) is 9.00. The zero-order valence-corrected chi connectivity index (χ0v) is 14.3. The first-order chi connectivity index (χ1) is 9.67. The summed E-state index contributed by atoms with van der Waals surface area (Å²) in [4.78, 5) is 12.0. The van der Waals surface area contributed by atoms with E-state index in [1.807, 2.05) is 13.0 Å². The maximum absolute atomic E-state index is 11.5. The topological polar surface area (TPSA) is 26.3 Å². The SMILES string of the molecule is CCCCCC(/C=C(\C)C(=O)OC)[Se]c1ccccc1. The Labute approximate surface area is 128 Å². The van der Waals surface area contributed by atoms with Gasteiger partial charge >= 0.3 is 128 Å². The van der Waals surface area contributed by atoms with Crippen LogP contribution in [0.3, 0.4) is 0 Å². The first-order valence-electron chi connectivity index (χ1n) is 7.15. The number of allylic oxidation sites excluding steroid dienone is 1. The third-order valence-electron chi connectivity index (χ3n) is 3.07. The number of carbonyl (C=O) groups is 1. The molecular formula is C17H24O2Se. The molecule has 0 aliphatic rings. The summed E-state index contributed by atoms with van der Waals surface area (Å²) in [6.45, 7) is 4.06. The summed E-state index contributed by atoms with van der Waals surface area (Å²) < 4.78 is 6.17. The predicted molar refractivity (Wildman–Crippen MR) is 85.5 cm³/mol. The molecule has 2 nitrogen and oxygen atoms in total. The maximum atomic E-state index is 11.5. The van der Waals surface area contributed by atoms with Gasteiger partial charge in [-0.2, -0.15) is 0 Å². The molecule has 0 radical (unpaired) electrons. The summed E-state index contributed by atoms with van der Waals surface area (Å²) in [7, 11) is 1.44. The molecule has 0 bridgehead atoms. The molecular weight excluding hydrogens is 315 g/mol. The van der Waals surface area contributed by atoms with Crippen molar-refractivity contribution in [1.82, 2.24) is 0 Å². The van der Waals surface area contributed by atoms with E-state index in [0.717, 1.165) is 12.0 Å². The fourth-order valence-electron chi connectivity index (χ4n) is 1.95. The Morgan fingerprint density at radius 2 is 2.00 bits per heavy atom. The van der Waals surface area contributed by atoms with E-state index in [9.17, 15) is 4.79 Å².